The molecule has 1 amide bonds. The number of tetrazole rings is 1. The number of nitrogens with one attached hydrogen (secondary N) is 1. The molecule has 110 valence electrons. The number of rotatable bonds is 5. The molecular formula is C12H13ClN6OS. The molecule has 7 nitrogen and oxygen atoms in total. The van der Waals surface area contributed by atoms with Crippen LogP contribution in [0.15, 0.2) is 23.4 Å². The first kappa shape index (κ1) is 14.2. The number of amides is 1. The number of nitrogen functional groups attached to an aromatic ring is 1. The summed E-state index contributed by atoms with van der Waals surface area (Å²) in [5.41, 5.74) is 6.77. The SMILES string of the molecule is Nc1cc(Cl)ccc1NC(=O)CSc1nnnn1C1CC1. The van der Waals surface area contributed by atoms with Gasteiger partial charge in [0.05, 0.1) is 23.2 Å². The Morgan fingerprint density at radius 2 is 2.33 bits per heavy atom. The van der Waals surface area contributed by atoms with Gasteiger partial charge in [-0.05, 0) is 41.5 Å². The molecule has 1 saturated carbocycles. The van der Waals surface area contributed by atoms with E-state index in [-0.39, 0.29) is 11.7 Å². The van der Waals surface area contributed by atoms with Gasteiger partial charge in [0, 0.05) is 5.02 Å². The van der Waals surface area contributed by atoms with Gasteiger partial charge in [-0.15, -0.1) is 5.10 Å². The topological polar surface area (TPSA) is 98.7 Å². The summed E-state index contributed by atoms with van der Waals surface area (Å²) in [6.07, 6.45) is 2.18. The average Bonchev–Trinajstić information content (AvgIpc) is 3.18. The van der Waals surface area contributed by atoms with Crippen molar-refractivity contribution in [1.29, 1.82) is 0 Å². The second-order valence-corrected chi connectivity index (χ2v) is 6.08. The van der Waals surface area contributed by atoms with E-state index in [0.717, 1.165) is 12.8 Å². The van der Waals surface area contributed by atoms with Crippen molar-refractivity contribution in [1.82, 2.24) is 20.2 Å². The Hall–Kier alpha value is -1.80. The van der Waals surface area contributed by atoms with E-state index in [1.54, 1.807) is 22.9 Å². The van der Waals surface area contributed by atoms with E-state index < -0.39 is 0 Å². The fourth-order valence-electron chi connectivity index (χ4n) is 1.79. The highest BCUT2D eigenvalue weighted by Crippen LogP contribution is 2.36. The van der Waals surface area contributed by atoms with Crippen molar-refractivity contribution in [3.05, 3.63) is 23.2 Å². The lowest BCUT2D eigenvalue weighted by Gasteiger charge is -2.08. The Balaban J connectivity index is 1.57. The lowest BCUT2D eigenvalue weighted by Crippen LogP contribution is -2.15. The third-order valence-electron chi connectivity index (χ3n) is 2.98. The fourth-order valence-corrected chi connectivity index (χ4v) is 2.72. The smallest absolute Gasteiger partial charge is 0.234 e. The lowest BCUT2D eigenvalue weighted by atomic mass is 10.2. The molecule has 0 saturated heterocycles. The van der Waals surface area contributed by atoms with Gasteiger partial charge in [-0.2, -0.15) is 0 Å². The van der Waals surface area contributed by atoms with Gasteiger partial charge in [0.25, 0.3) is 0 Å². The van der Waals surface area contributed by atoms with E-state index in [0.29, 0.717) is 27.6 Å². The highest BCUT2D eigenvalue weighted by atomic mass is 35.5. The number of hydrogen-bond donors (Lipinski definition) is 2. The quantitative estimate of drug-likeness (QED) is 0.644. The summed E-state index contributed by atoms with van der Waals surface area (Å²) >= 11 is 7.12. The van der Waals surface area contributed by atoms with Crippen molar-refractivity contribution in [3.8, 4) is 0 Å². The second-order valence-electron chi connectivity index (χ2n) is 4.71. The van der Waals surface area contributed by atoms with Crippen LogP contribution in [0, 0.1) is 0 Å². The number of anilines is 2. The largest absolute Gasteiger partial charge is 0.397 e. The summed E-state index contributed by atoms with van der Waals surface area (Å²) in [6, 6.07) is 5.33. The number of aromatic nitrogens is 4. The molecule has 0 atom stereocenters. The van der Waals surface area contributed by atoms with Gasteiger partial charge in [-0.25, -0.2) is 4.68 Å². The normalized spacial score (nSPS) is 14.1. The van der Waals surface area contributed by atoms with E-state index in [9.17, 15) is 4.79 Å². The second kappa shape index (κ2) is 5.90. The number of benzene rings is 1. The van der Waals surface area contributed by atoms with Gasteiger partial charge in [0.15, 0.2) is 0 Å². The van der Waals surface area contributed by atoms with Crippen LogP contribution in [-0.2, 0) is 4.79 Å². The van der Waals surface area contributed by atoms with Gasteiger partial charge in [-0.1, -0.05) is 23.4 Å². The highest BCUT2D eigenvalue weighted by Gasteiger charge is 2.28. The van der Waals surface area contributed by atoms with Crippen LogP contribution in [0.2, 0.25) is 5.02 Å². The first-order valence-electron chi connectivity index (χ1n) is 6.39. The van der Waals surface area contributed by atoms with E-state index in [2.05, 4.69) is 20.8 Å². The molecule has 1 heterocycles. The van der Waals surface area contributed by atoms with Crippen molar-refractivity contribution in [2.75, 3.05) is 16.8 Å². The van der Waals surface area contributed by atoms with Crippen molar-refractivity contribution in [2.45, 2.75) is 24.0 Å². The molecule has 21 heavy (non-hydrogen) atoms. The molecule has 0 unspecified atom stereocenters. The summed E-state index contributed by atoms with van der Waals surface area (Å²) in [5, 5.41) is 15.4. The molecule has 1 fully saturated rings. The Labute approximate surface area is 130 Å². The number of nitrogens with zero attached hydrogens (tertiary/aromatic N) is 4. The minimum absolute atomic E-state index is 0.167. The van der Waals surface area contributed by atoms with Crippen LogP contribution in [0.4, 0.5) is 11.4 Å². The first-order valence-corrected chi connectivity index (χ1v) is 7.75. The van der Waals surface area contributed by atoms with Gasteiger partial charge in [0.1, 0.15) is 0 Å². The minimum Gasteiger partial charge on any atom is -0.397 e. The Morgan fingerprint density at radius 3 is 3.05 bits per heavy atom. The molecule has 3 rings (SSSR count). The molecule has 0 bridgehead atoms. The summed E-state index contributed by atoms with van der Waals surface area (Å²) in [7, 11) is 0. The fraction of sp³-hybridized carbons (Fsp3) is 0.333. The third kappa shape index (κ3) is 3.45. The number of carbonyl (C=O) groups is 1. The van der Waals surface area contributed by atoms with E-state index in [1.807, 2.05) is 0 Å². The van der Waals surface area contributed by atoms with Crippen LogP contribution in [0.3, 0.4) is 0 Å². The summed E-state index contributed by atoms with van der Waals surface area (Å²) in [5.74, 6) is 0.0502. The van der Waals surface area contributed by atoms with Crippen LogP contribution in [0.5, 0.6) is 0 Å². The van der Waals surface area contributed by atoms with Crippen LogP contribution >= 0.6 is 23.4 Å². The molecule has 0 aliphatic heterocycles. The average molecular weight is 325 g/mol. The number of carbonyl (C=O) groups excluding carboxylic acids is 1. The van der Waals surface area contributed by atoms with Gasteiger partial charge >= 0.3 is 0 Å². The number of hydrogen-bond acceptors (Lipinski definition) is 6. The van der Waals surface area contributed by atoms with Gasteiger partial charge in [0.2, 0.25) is 11.1 Å². The van der Waals surface area contributed by atoms with Crippen LogP contribution in [0.1, 0.15) is 18.9 Å². The molecule has 1 aromatic heterocycles. The third-order valence-corrected chi connectivity index (χ3v) is 4.14. The zero-order valence-electron chi connectivity index (χ0n) is 11.0. The Morgan fingerprint density at radius 1 is 1.52 bits per heavy atom. The maximum Gasteiger partial charge on any atom is 0.234 e. The van der Waals surface area contributed by atoms with E-state index in [1.165, 1.54) is 11.8 Å². The molecule has 1 aliphatic carbocycles. The van der Waals surface area contributed by atoms with Gasteiger partial charge < -0.3 is 11.1 Å². The van der Waals surface area contributed by atoms with Crippen molar-refractivity contribution < 1.29 is 4.79 Å². The standard InChI is InChI=1S/C12H13ClN6OS/c13-7-1-4-10(9(14)5-7)15-11(20)6-21-12-16-17-18-19(12)8-2-3-8/h1,4-5,8H,2-3,6,14H2,(H,15,20). The monoisotopic (exact) mass is 324 g/mol. The predicted molar refractivity (Wildman–Crippen MR) is 81.3 cm³/mol. The summed E-state index contributed by atoms with van der Waals surface area (Å²) in [6.45, 7) is 0. The number of nitrogens with two attached hydrogens (primary N) is 1. The zero-order valence-corrected chi connectivity index (χ0v) is 12.6. The summed E-state index contributed by atoms with van der Waals surface area (Å²) < 4.78 is 1.77. The molecule has 9 heteroatoms. The molecule has 0 spiro atoms. The Bertz CT molecular complexity index is 672. The molecule has 1 aliphatic rings. The molecule has 2 aromatic rings. The maximum absolute atomic E-state index is 11.9. The van der Waals surface area contributed by atoms with Crippen LogP contribution in [0.25, 0.3) is 0 Å². The molecule has 0 radical (unpaired) electrons. The minimum atomic E-state index is -0.167. The van der Waals surface area contributed by atoms with Crippen LogP contribution < -0.4 is 11.1 Å². The van der Waals surface area contributed by atoms with Crippen molar-refractivity contribution in [2.24, 2.45) is 0 Å². The number of thioether (sulfide) groups is 1. The highest BCUT2D eigenvalue weighted by molar-refractivity contribution is 7.99. The predicted octanol–water partition coefficient (Wildman–Crippen LogP) is 1.97. The van der Waals surface area contributed by atoms with Crippen molar-refractivity contribution >= 4 is 40.6 Å². The van der Waals surface area contributed by atoms with Crippen molar-refractivity contribution in [3.63, 3.8) is 0 Å². The molecule has 3 N–H and O–H groups in total. The molecular weight excluding hydrogens is 312 g/mol. The van der Waals surface area contributed by atoms with E-state index in [4.69, 9.17) is 17.3 Å². The van der Waals surface area contributed by atoms with Crippen LogP contribution in [-0.4, -0.2) is 31.9 Å². The van der Waals surface area contributed by atoms with Gasteiger partial charge in [-0.3, -0.25) is 4.79 Å². The Kier molecular flexibility index (Phi) is 3.98. The zero-order chi connectivity index (χ0) is 14.8. The first-order chi connectivity index (χ1) is 10.1. The number of halogens is 1. The lowest BCUT2D eigenvalue weighted by molar-refractivity contribution is -0.113. The summed E-state index contributed by atoms with van der Waals surface area (Å²) in [4.78, 5) is 11.9. The maximum atomic E-state index is 11.9. The van der Waals surface area contributed by atoms with E-state index >= 15 is 0 Å². The molecule has 1 aromatic carbocycles.